The molecule has 0 saturated carbocycles. The lowest BCUT2D eigenvalue weighted by molar-refractivity contribution is 0.455. The number of hydrogen-bond donors (Lipinski definition) is 1. The molecule has 1 N–H and O–H groups in total. The van der Waals surface area contributed by atoms with E-state index < -0.39 is 0 Å². The SMILES string of the molecule is CC(C)c1ncccc1C1CCNCC1. The van der Waals surface area contributed by atoms with Crippen LogP contribution in [0.15, 0.2) is 18.3 Å². The predicted molar refractivity (Wildman–Crippen MR) is 63.2 cm³/mol. The Bertz CT molecular complexity index is 314. The van der Waals surface area contributed by atoms with Crippen molar-refractivity contribution >= 4 is 0 Å². The van der Waals surface area contributed by atoms with E-state index in [4.69, 9.17) is 0 Å². The topological polar surface area (TPSA) is 24.9 Å². The van der Waals surface area contributed by atoms with Crippen LogP contribution in [0.4, 0.5) is 0 Å². The van der Waals surface area contributed by atoms with E-state index in [9.17, 15) is 0 Å². The zero-order valence-electron chi connectivity index (χ0n) is 9.66. The molecule has 2 rings (SSSR count). The van der Waals surface area contributed by atoms with Crippen LogP contribution >= 0.6 is 0 Å². The van der Waals surface area contributed by atoms with Gasteiger partial charge in [-0.15, -0.1) is 0 Å². The zero-order valence-corrected chi connectivity index (χ0v) is 9.66. The molecule has 0 amide bonds. The van der Waals surface area contributed by atoms with Gasteiger partial charge in [-0.25, -0.2) is 0 Å². The van der Waals surface area contributed by atoms with E-state index >= 15 is 0 Å². The molecule has 0 radical (unpaired) electrons. The molecule has 0 atom stereocenters. The molecule has 2 nitrogen and oxygen atoms in total. The van der Waals surface area contributed by atoms with Gasteiger partial charge in [0.05, 0.1) is 0 Å². The van der Waals surface area contributed by atoms with E-state index in [0.29, 0.717) is 5.92 Å². The number of rotatable bonds is 2. The quantitative estimate of drug-likeness (QED) is 0.801. The molecule has 1 aliphatic rings. The van der Waals surface area contributed by atoms with Gasteiger partial charge in [-0.1, -0.05) is 19.9 Å². The molecule has 0 spiro atoms. The summed E-state index contributed by atoms with van der Waals surface area (Å²) in [5.74, 6) is 1.26. The fourth-order valence-corrected chi connectivity index (χ4v) is 2.39. The van der Waals surface area contributed by atoms with Gasteiger partial charge in [-0.3, -0.25) is 4.98 Å². The fraction of sp³-hybridized carbons (Fsp3) is 0.615. The first-order chi connectivity index (χ1) is 7.29. The Morgan fingerprint density at radius 3 is 2.73 bits per heavy atom. The lowest BCUT2D eigenvalue weighted by atomic mass is 9.87. The third-order valence-electron chi connectivity index (χ3n) is 3.20. The molecule has 1 aromatic heterocycles. The Labute approximate surface area is 92.1 Å². The standard InChI is InChI=1S/C13H20N2/c1-10(2)13-12(4-3-7-15-13)11-5-8-14-9-6-11/h3-4,7,10-11,14H,5-6,8-9H2,1-2H3. The van der Waals surface area contributed by atoms with Crippen LogP contribution < -0.4 is 5.32 Å². The van der Waals surface area contributed by atoms with Gasteiger partial charge < -0.3 is 5.32 Å². The molecule has 1 aliphatic heterocycles. The van der Waals surface area contributed by atoms with Crippen molar-refractivity contribution in [3.05, 3.63) is 29.6 Å². The van der Waals surface area contributed by atoms with Gasteiger partial charge >= 0.3 is 0 Å². The lowest BCUT2D eigenvalue weighted by Crippen LogP contribution is -2.27. The molecule has 2 heterocycles. The van der Waals surface area contributed by atoms with Gasteiger partial charge in [-0.2, -0.15) is 0 Å². The third kappa shape index (κ3) is 2.37. The maximum Gasteiger partial charge on any atom is 0.0463 e. The Morgan fingerprint density at radius 1 is 1.33 bits per heavy atom. The summed E-state index contributed by atoms with van der Waals surface area (Å²) in [6.45, 7) is 6.76. The first kappa shape index (κ1) is 10.6. The van der Waals surface area contributed by atoms with E-state index in [1.54, 1.807) is 0 Å². The monoisotopic (exact) mass is 204 g/mol. The normalized spacial score (nSPS) is 18.3. The lowest BCUT2D eigenvalue weighted by Gasteiger charge is -2.25. The number of piperidine rings is 1. The first-order valence-electron chi connectivity index (χ1n) is 5.94. The van der Waals surface area contributed by atoms with Crippen LogP contribution in [-0.4, -0.2) is 18.1 Å². The average Bonchev–Trinajstić information content (AvgIpc) is 2.30. The summed E-state index contributed by atoms with van der Waals surface area (Å²) < 4.78 is 0. The van der Waals surface area contributed by atoms with Gasteiger partial charge in [0.2, 0.25) is 0 Å². The summed E-state index contributed by atoms with van der Waals surface area (Å²) in [4.78, 5) is 4.53. The first-order valence-corrected chi connectivity index (χ1v) is 5.94. The minimum absolute atomic E-state index is 0.538. The van der Waals surface area contributed by atoms with Gasteiger partial charge in [0.25, 0.3) is 0 Å². The summed E-state index contributed by atoms with van der Waals surface area (Å²) >= 11 is 0. The van der Waals surface area contributed by atoms with Crippen molar-refractivity contribution in [1.82, 2.24) is 10.3 Å². The molecule has 2 heteroatoms. The largest absolute Gasteiger partial charge is 0.317 e. The Hall–Kier alpha value is -0.890. The highest BCUT2D eigenvalue weighted by Gasteiger charge is 2.19. The smallest absolute Gasteiger partial charge is 0.0463 e. The van der Waals surface area contributed by atoms with Crippen molar-refractivity contribution in [2.45, 2.75) is 38.5 Å². The van der Waals surface area contributed by atoms with Gasteiger partial charge in [0, 0.05) is 11.9 Å². The highest BCUT2D eigenvalue weighted by Crippen LogP contribution is 2.30. The van der Waals surface area contributed by atoms with Gasteiger partial charge in [0.15, 0.2) is 0 Å². The second-order valence-corrected chi connectivity index (χ2v) is 4.66. The van der Waals surface area contributed by atoms with Gasteiger partial charge in [0.1, 0.15) is 0 Å². The molecule has 0 aromatic carbocycles. The predicted octanol–water partition coefficient (Wildman–Crippen LogP) is 2.67. The molecule has 0 bridgehead atoms. The van der Waals surface area contributed by atoms with Crippen molar-refractivity contribution < 1.29 is 0 Å². The Balaban J connectivity index is 2.25. The number of nitrogens with one attached hydrogen (secondary N) is 1. The summed E-state index contributed by atoms with van der Waals surface area (Å²) in [6.07, 6.45) is 4.43. The second kappa shape index (κ2) is 4.75. The minimum atomic E-state index is 0.538. The molecule has 1 saturated heterocycles. The number of hydrogen-bond acceptors (Lipinski definition) is 2. The van der Waals surface area contributed by atoms with Crippen LogP contribution in [0.3, 0.4) is 0 Å². The number of nitrogens with zero attached hydrogens (tertiary/aromatic N) is 1. The van der Waals surface area contributed by atoms with E-state index in [1.165, 1.54) is 24.1 Å². The van der Waals surface area contributed by atoms with Crippen molar-refractivity contribution in [3.8, 4) is 0 Å². The van der Waals surface area contributed by atoms with Crippen LogP contribution in [0, 0.1) is 0 Å². The molecule has 0 aliphatic carbocycles. The van der Waals surface area contributed by atoms with E-state index in [-0.39, 0.29) is 0 Å². The summed E-state index contributed by atoms with van der Waals surface area (Å²) in [5, 5.41) is 3.41. The summed E-state index contributed by atoms with van der Waals surface area (Å²) in [6, 6.07) is 4.33. The Kier molecular flexibility index (Phi) is 3.37. The molecule has 0 unspecified atom stereocenters. The van der Waals surface area contributed by atoms with Gasteiger partial charge in [-0.05, 0) is 49.4 Å². The average molecular weight is 204 g/mol. The van der Waals surface area contributed by atoms with Crippen molar-refractivity contribution in [1.29, 1.82) is 0 Å². The molecule has 15 heavy (non-hydrogen) atoms. The number of pyridine rings is 1. The van der Waals surface area contributed by atoms with E-state index in [1.807, 2.05) is 6.20 Å². The highest BCUT2D eigenvalue weighted by atomic mass is 14.9. The van der Waals surface area contributed by atoms with Crippen LogP contribution in [-0.2, 0) is 0 Å². The van der Waals surface area contributed by atoms with Crippen LogP contribution in [0.5, 0.6) is 0 Å². The number of aromatic nitrogens is 1. The maximum absolute atomic E-state index is 4.53. The highest BCUT2D eigenvalue weighted by molar-refractivity contribution is 5.27. The summed E-state index contributed by atoms with van der Waals surface area (Å²) in [5.41, 5.74) is 2.78. The fourth-order valence-electron chi connectivity index (χ4n) is 2.39. The molecular formula is C13H20N2. The van der Waals surface area contributed by atoms with Crippen LogP contribution in [0.25, 0.3) is 0 Å². The third-order valence-corrected chi connectivity index (χ3v) is 3.20. The summed E-state index contributed by atoms with van der Waals surface area (Å²) in [7, 11) is 0. The molecule has 1 aromatic rings. The van der Waals surface area contributed by atoms with Crippen LogP contribution in [0.2, 0.25) is 0 Å². The Morgan fingerprint density at radius 2 is 2.07 bits per heavy atom. The van der Waals surface area contributed by atoms with E-state index in [2.05, 4.69) is 36.3 Å². The maximum atomic E-state index is 4.53. The van der Waals surface area contributed by atoms with Crippen molar-refractivity contribution in [2.24, 2.45) is 0 Å². The molecule has 1 fully saturated rings. The van der Waals surface area contributed by atoms with Crippen molar-refractivity contribution in [3.63, 3.8) is 0 Å². The molecular weight excluding hydrogens is 184 g/mol. The van der Waals surface area contributed by atoms with Crippen molar-refractivity contribution in [2.75, 3.05) is 13.1 Å². The van der Waals surface area contributed by atoms with E-state index in [0.717, 1.165) is 19.0 Å². The molecule has 82 valence electrons. The zero-order chi connectivity index (χ0) is 10.7. The van der Waals surface area contributed by atoms with Crippen LogP contribution in [0.1, 0.15) is 49.8 Å². The second-order valence-electron chi connectivity index (χ2n) is 4.66. The minimum Gasteiger partial charge on any atom is -0.317 e.